The first-order valence-corrected chi connectivity index (χ1v) is 10.5. The third-order valence-corrected chi connectivity index (χ3v) is 5.05. The molecule has 1 unspecified atom stereocenters. The first-order chi connectivity index (χ1) is 14.5. The van der Waals surface area contributed by atoms with E-state index in [0.29, 0.717) is 30.1 Å². The monoisotopic (exact) mass is 430 g/mol. The van der Waals surface area contributed by atoms with Gasteiger partial charge in [0.1, 0.15) is 6.04 Å². The summed E-state index contributed by atoms with van der Waals surface area (Å²) in [7, 11) is 1.49. The van der Waals surface area contributed by atoms with Gasteiger partial charge in [-0.1, -0.05) is 48.9 Å². The Labute approximate surface area is 181 Å². The van der Waals surface area contributed by atoms with Crippen LogP contribution >= 0.6 is 11.6 Å². The number of amides is 2. The molecule has 160 valence electrons. The van der Waals surface area contributed by atoms with Crippen molar-refractivity contribution in [3.63, 3.8) is 0 Å². The standard InChI is InChI=1S/C23H27ClN2O4/c1-3-11-30-21-18(24)13-16(14-20(21)29-2)22(27)26-19(23(28)25-17-9-10-17)12-15-7-5-4-6-8-15/h4-8,13-14,17,19H,3,9-12H2,1-2H3,(H,25,28)(H,26,27). The molecule has 1 saturated carbocycles. The molecule has 0 heterocycles. The number of carbonyl (C=O) groups is 2. The van der Waals surface area contributed by atoms with Crippen LogP contribution in [0.3, 0.4) is 0 Å². The third kappa shape index (κ3) is 5.89. The van der Waals surface area contributed by atoms with Gasteiger partial charge in [-0.25, -0.2) is 0 Å². The molecule has 0 aliphatic heterocycles. The number of rotatable bonds is 10. The van der Waals surface area contributed by atoms with E-state index in [4.69, 9.17) is 21.1 Å². The quantitative estimate of drug-likeness (QED) is 0.601. The molecule has 0 saturated heterocycles. The molecule has 1 atom stereocenters. The van der Waals surface area contributed by atoms with Crippen LogP contribution in [-0.2, 0) is 11.2 Å². The first-order valence-electron chi connectivity index (χ1n) is 10.2. The maximum Gasteiger partial charge on any atom is 0.252 e. The lowest BCUT2D eigenvalue weighted by Gasteiger charge is -2.19. The van der Waals surface area contributed by atoms with Crippen LogP contribution in [0.15, 0.2) is 42.5 Å². The van der Waals surface area contributed by atoms with Crippen LogP contribution in [0.5, 0.6) is 11.5 Å². The summed E-state index contributed by atoms with van der Waals surface area (Å²) in [6.07, 6.45) is 3.17. The molecule has 7 heteroatoms. The number of benzene rings is 2. The van der Waals surface area contributed by atoms with Gasteiger partial charge in [-0.05, 0) is 37.0 Å². The average molecular weight is 431 g/mol. The summed E-state index contributed by atoms with van der Waals surface area (Å²) in [6.45, 7) is 2.48. The molecular weight excluding hydrogens is 404 g/mol. The Morgan fingerprint density at radius 1 is 1.20 bits per heavy atom. The van der Waals surface area contributed by atoms with Gasteiger partial charge in [-0.2, -0.15) is 0 Å². The lowest BCUT2D eigenvalue weighted by atomic mass is 10.0. The largest absolute Gasteiger partial charge is 0.493 e. The third-order valence-electron chi connectivity index (χ3n) is 4.77. The van der Waals surface area contributed by atoms with Crippen molar-refractivity contribution < 1.29 is 19.1 Å². The second-order valence-electron chi connectivity index (χ2n) is 7.34. The van der Waals surface area contributed by atoms with Crippen LogP contribution in [0.25, 0.3) is 0 Å². The molecule has 2 aromatic carbocycles. The molecular formula is C23H27ClN2O4. The highest BCUT2D eigenvalue weighted by Crippen LogP contribution is 2.36. The summed E-state index contributed by atoms with van der Waals surface area (Å²) in [4.78, 5) is 25.7. The van der Waals surface area contributed by atoms with Crippen molar-refractivity contribution in [2.45, 2.75) is 44.7 Å². The molecule has 30 heavy (non-hydrogen) atoms. The summed E-state index contributed by atoms with van der Waals surface area (Å²) in [5.74, 6) is 0.202. The summed E-state index contributed by atoms with van der Waals surface area (Å²) < 4.78 is 11.0. The minimum absolute atomic E-state index is 0.185. The predicted octanol–water partition coefficient (Wildman–Crippen LogP) is 3.76. The van der Waals surface area contributed by atoms with Gasteiger partial charge in [0.15, 0.2) is 11.5 Å². The molecule has 2 N–H and O–H groups in total. The highest BCUT2D eigenvalue weighted by Gasteiger charge is 2.29. The van der Waals surface area contributed by atoms with Crippen molar-refractivity contribution in [2.24, 2.45) is 0 Å². The molecule has 3 rings (SSSR count). The van der Waals surface area contributed by atoms with Crippen molar-refractivity contribution in [3.05, 3.63) is 58.6 Å². The molecule has 2 amide bonds. The molecule has 0 radical (unpaired) electrons. The van der Waals surface area contributed by atoms with Crippen LogP contribution in [0.2, 0.25) is 5.02 Å². The Morgan fingerprint density at radius 3 is 2.57 bits per heavy atom. The zero-order valence-electron chi connectivity index (χ0n) is 17.2. The number of ether oxygens (including phenoxy) is 2. The van der Waals surface area contributed by atoms with Crippen LogP contribution in [0.4, 0.5) is 0 Å². The van der Waals surface area contributed by atoms with Crippen molar-refractivity contribution >= 4 is 23.4 Å². The lowest BCUT2D eigenvalue weighted by molar-refractivity contribution is -0.123. The summed E-state index contributed by atoms with van der Waals surface area (Å²) in [6, 6.07) is 12.2. The smallest absolute Gasteiger partial charge is 0.252 e. The van der Waals surface area contributed by atoms with Crippen molar-refractivity contribution in [3.8, 4) is 11.5 Å². The first kappa shape index (κ1) is 22.0. The number of carbonyl (C=O) groups excluding carboxylic acids is 2. The number of nitrogens with one attached hydrogen (secondary N) is 2. The summed E-state index contributed by atoms with van der Waals surface area (Å²) in [5, 5.41) is 6.11. The van der Waals surface area contributed by atoms with Crippen molar-refractivity contribution in [2.75, 3.05) is 13.7 Å². The topological polar surface area (TPSA) is 76.7 Å². The molecule has 0 aromatic heterocycles. The van der Waals surface area contributed by atoms with E-state index in [1.54, 1.807) is 6.07 Å². The minimum atomic E-state index is -0.693. The van der Waals surface area contributed by atoms with Gasteiger partial charge < -0.3 is 20.1 Å². The zero-order valence-corrected chi connectivity index (χ0v) is 18.0. The Morgan fingerprint density at radius 2 is 1.93 bits per heavy atom. The maximum absolute atomic E-state index is 13.0. The number of hydrogen-bond donors (Lipinski definition) is 2. The van der Waals surface area contributed by atoms with Crippen molar-refractivity contribution in [1.82, 2.24) is 10.6 Å². The average Bonchev–Trinajstić information content (AvgIpc) is 3.56. The fraction of sp³-hybridized carbons (Fsp3) is 0.391. The van der Waals surface area contributed by atoms with Crippen molar-refractivity contribution in [1.29, 1.82) is 0 Å². The van der Waals surface area contributed by atoms with Gasteiger partial charge in [-0.3, -0.25) is 9.59 Å². The second kappa shape index (κ2) is 10.3. The Bertz CT molecular complexity index is 884. The van der Waals surface area contributed by atoms with Gasteiger partial charge in [0, 0.05) is 18.0 Å². The van der Waals surface area contributed by atoms with E-state index in [2.05, 4.69) is 10.6 Å². The van der Waals surface area contributed by atoms with Gasteiger partial charge in [-0.15, -0.1) is 0 Å². The molecule has 0 spiro atoms. The van der Waals surface area contributed by atoms with Crippen LogP contribution in [0, 0.1) is 0 Å². The van der Waals surface area contributed by atoms with E-state index in [1.165, 1.54) is 13.2 Å². The maximum atomic E-state index is 13.0. The van der Waals surface area contributed by atoms with E-state index in [1.807, 2.05) is 37.3 Å². The normalized spacial score (nSPS) is 14.0. The Kier molecular flexibility index (Phi) is 7.57. The summed E-state index contributed by atoms with van der Waals surface area (Å²) >= 11 is 6.33. The predicted molar refractivity (Wildman–Crippen MR) is 116 cm³/mol. The number of hydrogen-bond acceptors (Lipinski definition) is 4. The molecule has 1 aliphatic rings. The Balaban J connectivity index is 1.78. The van der Waals surface area contributed by atoms with Crippen LogP contribution in [-0.4, -0.2) is 37.6 Å². The summed E-state index contributed by atoms with van der Waals surface area (Å²) in [5.41, 5.74) is 1.27. The minimum Gasteiger partial charge on any atom is -0.493 e. The molecule has 6 nitrogen and oxygen atoms in total. The van der Waals surface area contributed by atoms with Gasteiger partial charge in [0.05, 0.1) is 18.7 Å². The van der Waals surface area contributed by atoms with E-state index in [-0.39, 0.29) is 17.0 Å². The fourth-order valence-electron chi connectivity index (χ4n) is 3.03. The van der Waals surface area contributed by atoms with Gasteiger partial charge >= 0.3 is 0 Å². The van der Waals surface area contributed by atoms with Crippen LogP contribution < -0.4 is 20.1 Å². The van der Waals surface area contributed by atoms with E-state index < -0.39 is 11.9 Å². The van der Waals surface area contributed by atoms with E-state index in [0.717, 1.165) is 24.8 Å². The zero-order chi connectivity index (χ0) is 21.5. The molecule has 1 aliphatic carbocycles. The lowest BCUT2D eigenvalue weighted by Crippen LogP contribution is -2.48. The SMILES string of the molecule is CCCOc1c(Cl)cc(C(=O)NC(Cc2ccccc2)C(=O)NC2CC2)cc1OC. The highest BCUT2D eigenvalue weighted by atomic mass is 35.5. The molecule has 2 aromatic rings. The van der Waals surface area contributed by atoms with Gasteiger partial charge in [0.2, 0.25) is 5.91 Å². The van der Waals surface area contributed by atoms with Crippen LogP contribution in [0.1, 0.15) is 42.1 Å². The number of halogens is 1. The van der Waals surface area contributed by atoms with Gasteiger partial charge in [0.25, 0.3) is 5.91 Å². The molecule has 1 fully saturated rings. The number of methoxy groups -OCH3 is 1. The highest BCUT2D eigenvalue weighted by molar-refractivity contribution is 6.32. The second-order valence-corrected chi connectivity index (χ2v) is 7.74. The fourth-order valence-corrected chi connectivity index (χ4v) is 3.29. The van der Waals surface area contributed by atoms with E-state index in [9.17, 15) is 9.59 Å². The van der Waals surface area contributed by atoms with E-state index >= 15 is 0 Å². The Hall–Kier alpha value is -2.73. The molecule has 0 bridgehead atoms.